The molecule has 10 heteroatoms. The average molecular weight is 356 g/mol. The molecule has 0 aromatic carbocycles. The fourth-order valence-corrected chi connectivity index (χ4v) is 3.79. The molecule has 5 heterocycles. The molecule has 2 aromatic heterocycles. The minimum absolute atomic E-state index is 0.381. The first-order valence-electron chi connectivity index (χ1n) is 8.69. The summed E-state index contributed by atoms with van der Waals surface area (Å²) in [5.74, 6) is 1.56. The molecule has 2 N–H and O–H groups in total. The van der Waals surface area contributed by atoms with Crippen molar-refractivity contribution in [3.05, 3.63) is 31.0 Å². The number of nitrogens with zero attached hydrogens (tertiary/aromatic N) is 7. The van der Waals surface area contributed by atoms with Crippen molar-refractivity contribution in [1.29, 1.82) is 0 Å². The second-order valence-electron chi connectivity index (χ2n) is 7.01. The molecule has 1 unspecified atom stereocenters. The number of aromatic nitrogens is 5. The Hall–Kier alpha value is -2.56. The maximum absolute atomic E-state index is 10.2. The van der Waals surface area contributed by atoms with Gasteiger partial charge in [0.15, 0.2) is 12.0 Å². The van der Waals surface area contributed by atoms with Crippen LogP contribution in [0, 0.1) is 5.41 Å². The van der Waals surface area contributed by atoms with Gasteiger partial charge in [0.05, 0.1) is 12.4 Å². The predicted molar refractivity (Wildman–Crippen MR) is 92.6 cm³/mol. The fraction of sp³-hybridized carbons (Fsp3) is 0.500. The normalized spacial score (nSPS) is 24.7. The van der Waals surface area contributed by atoms with E-state index in [1.165, 1.54) is 4.68 Å². The first kappa shape index (κ1) is 15.7. The van der Waals surface area contributed by atoms with Crippen LogP contribution >= 0.6 is 0 Å². The van der Waals surface area contributed by atoms with E-state index in [0.29, 0.717) is 16.9 Å². The molecule has 0 aliphatic carbocycles. The Morgan fingerprint density at radius 1 is 1.19 bits per heavy atom. The summed E-state index contributed by atoms with van der Waals surface area (Å²) in [7, 11) is 0. The van der Waals surface area contributed by atoms with Gasteiger partial charge >= 0.3 is 0 Å². The van der Waals surface area contributed by atoms with E-state index in [9.17, 15) is 5.11 Å². The van der Waals surface area contributed by atoms with Crippen LogP contribution in [-0.2, 0) is 4.74 Å². The molecule has 3 aliphatic heterocycles. The minimum Gasteiger partial charge on any atom is -0.381 e. The zero-order valence-electron chi connectivity index (χ0n) is 14.2. The molecule has 0 saturated carbocycles. The first-order valence-corrected chi connectivity index (χ1v) is 8.69. The number of hydrazine groups is 1. The Morgan fingerprint density at radius 3 is 2.77 bits per heavy atom. The van der Waals surface area contributed by atoms with E-state index in [2.05, 4.69) is 30.6 Å². The lowest BCUT2D eigenvalue weighted by molar-refractivity contribution is -0.000459. The third kappa shape index (κ3) is 2.62. The second-order valence-corrected chi connectivity index (χ2v) is 7.01. The van der Waals surface area contributed by atoms with Crippen LogP contribution in [0.15, 0.2) is 31.0 Å². The van der Waals surface area contributed by atoms with Crippen LogP contribution in [0.3, 0.4) is 0 Å². The maximum Gasteiger partial charge on any atom is 0.166 e. The molecule has 2 aromatic rings. The number of aliphatic hydroxyl groups is 1. The highest BCUT2D eigenvalue weighted by molar-refractivity contribution is 5.61. The number of rotatable bonds is 3. The Kier molecular flexibility index (Phi) is 3.62. The van der Waals surface area contributed by atoms with Gasteiger partial charge in [0.25, 0.3) is 0 Å². The van der Waals surface area contributed by atoms with E-state index in [0.717, 1.165) is 45.0 Å². The molecule has 5 rings (SSSR count). The van der Waals surface area contributed by atoms with Crippen molar-refractivity contribution < 1.29 is 9.84 Å². The van der Waals surface area contributed by atoms with Crippen LogP contribution in [0.2, 0.25) is 0 Å². The molecular formula is C16H20N8O2. The van der Waals surface area contributed by atoms with Crippen molar-refractivity contribution in [1.82, 2.24) is 30.4 Å². The third-order valence-electron chi connectivity index (χ3n) is 5.30. The van der Waals surface area contributed by atoms with Gasteiger partial charge in [-0.05, 0) is 12.8 Å². The Labute approximate surface area is 150 Å². The van der Waals surface area contributed by atoms with Gasteiger partial charge in [-0.25, -0.2) is 14.6 Å². The van der Waals surface area contributed by atoms with E-state index in [4.69, 9.17) is 4.74 Å². The summed E-state index contributed by atoms with van der Waals surface area (Å²) in [6.07, 6.45) is 7.89. The molecule has 1 spiro atoms. The number of ether oxygens (including phenoxy) is 1. The summed E-state index contributed by atoms with van der Waals surface area (Å²) in [6, 6.07) is 1.92. The quantitative estimate of drug-likeness (QED) is 0.775. The summed E-state index contributed by atoms with van der Waals surface area (Å²) in [5, 5.41) is 19.6. The molecule has 0 bridgehead atoms. The highest BCUT2D eigenvalue weighted by Gasteiger charge is 2.44. The monoisotopic (exact) mass is 356 g/mol. The number of hydrogen-bond donors (Lipinski definition) is 2. The fourth-order valence-electron chi connectivity index (χ4n) is 3.79. The topological polar surface area (TPSA) is 104 Å². The molecule has 26 heavy (non-hydrogen) atoms. The largest absolute Gasteiger partial charge is 0.381 e. The van der Waals surface area contributed by atoms with E-state index < -0.39 is 6.23 Å². The van der Waals surface area contributed by atoms with Crippen molar-refractivity contribution in [2.45, 2.75) is 19.1 Å². The maximum atomic E-state index is 10.2. The van der Waals surface area contributed by atoms with Gasteiger partial charge in [-0.2, -0.15) is 5.43 Å². The van der Waals surface area contributed by atoms with Crippen LogP contribution < -0.4 is 15.3 Å². The molecule has 1 atom stereocenters. The Bertz CT molecular complexity index is 809. The average Bonchev–Trinajstić information content (AvgIpc) is 3.30. The van der Waals surface area contributed by atoms with E-state index in [1.807, 2.05) is 6.07 Å². The van der Waals surface area contributed by atoms with Gasteiger partial charge in [-0.15, -0.1) is 5.10 Å². The highest BCUT2D eigenvalue weighted by atomic mass is 16.5. The number of nitrogens with one attached hydrogen (secondary N) is 1. The summed E-state index contributed by atoms with van der Waals surface area (Å²) in [5.41, 5.74) is 3.91. The molecule has 0 amide bonds. The molecule has 0 radical (unpaired) electrons. The van der Waals surface area contributed by atoms with Crippen LogP contribution in [0.1, 0.15) is 12.8 Å². The van der Waals surface area contributed by atoms with Gasteiger partial charge in [0, 0.05) is 44.0 Å². The van der Waals surface area contributed by atoms with Gasteiger partial charge in [0.1, 0.15) is 17.8 Å². The lowest BCUT2D eigenvalue weighted by atomic mass is 9.73. The third-order valence-corrected chi connectivity index (χ3v) is 5.30. The minimum atomic E-state index is -0.885. The van der Waals surface area contributed by atoms with Crippen LogP contribution in [0.5, 0.6) is 0 Å². The molecule has 3 aliphatic rings. The van der Waals surface area contributed by atoms with Crippen molar-refractivity contribution in [3.8, 4) is 0 Å². The van der Waals surface area contributed by atoms with Crippen LogP contribution in [0.4, 0.5) is 11.6 Å². The lowest BCUT2D eigenvalue weighted by Crippen LogP contribution is -2.58. The van der Waals surface area contributed by atoms with Crippen molar-refractivity contribution in [3.63, 3.8) is 0 Å². The second kappa shape index (κ2) is 6.01. The number of hydrogen-bond acceptors (Lipinski definition) is 9. The van der Waals surface area contributed by atoms with E-state index in [-0.39, 0.29) is 0 Å². The number of aliphatic hydroxyl groups excluding tert-OH is 1. The van der Waals surface area contributed by atoms with Gasteiger partial charge in [-0.1, -0.05) is 5.21 Å². The Morgan fingerprint density at radius 2 is 2.00 bits per heavy atom. The molecular weight excluding hydrogens is 336 g/mol. The summed E-state index contributed by atoms with van der Waals surface area (Å²) >= 11 is 0. The van der Waals surface area contributed by atoms with Gasteiger partial charge < -0.3 is 14.7 Å². The molecule has 10 nitrogen and oxygen atoms in total. The zero-order valence-corrected chi connectivity index (χ0v) is 14.2. The van der Waals surface area contributed by atoms with Crippen LogP contribution in [0.25, 0.3) is 5.70 Å². The van der Waals surface area contributed by atoms with Gasteiger partial charge in [-0.3, -0.25) is 5.01 Å². The summed E-state index contributed by atoms with van der Waals surface area (Å²) in [6.45, 7) is 3.72. The van der Waals surface area contributed by atoms with E-state index in [1.54, 1.807) is 29.9 Å². The van der Waals surface area contributed by atoms with Crippen LogP contribution in [-0.4, -0.2) is 62.6 Å². The first-order chi connectivity index (χ1) is 12.7. The SMILES string of the molecule is OC1NN(c2cc(N3CC4(CCOCC4)C3)ncn2)C=C1n1ccnn1. The predicted octanol–water partition coefficient (Wildman–Crippen LogP) is -0.174. The molecule has 2 fully saturated rings. The summed E-state index contributed by atoms with van der Waals surface area (Å²) < 4.78 is 7.00. The molecule has 2 saturated heterocycles. The summed E-state index contributed by atoms with van der Waals surface area (Å²) in [4.78, 5) is 11.0. The van der Waals surface area contributed by atoms with Crippen molar-refractivity contribution in [2.24, 2.45) is 5.41 Å². The van der Waals surface area contributed by atoms with E-state index >= 15 is 0 Å². The number of anilines is 2. The highest BCUT2D eigenvalue weighted by Crippen LogP contribution is 2.41. The zero-order chi connectivity index (χ0) is 17.6. The lowest BCUT2D eigenvalue weighted by Gasteiger charge is -2.52. The van der Waals surface area contributed by atoms with Crippen molar-refractivity contribution >= 4 is 17.3 Å². The van der Waals surface area contributed by atoms with Gasteiger partial charge in [0.2, 0.25) is 0 Å². The van der Waals surface area contributed by atoms with Crippen molar-refractivity contribution in [2.75, 3.05) is 36.2 Å². The standard InChI is InChI=1S/C16H20N8O2/c25-15-12(23-4-3-19-21-23)8-24(20-15)14-7-13(17-11-18-14)22-9-16(10-22)1-5-26-6-2-16/h3-4,7-8,11,15,20,25H,1-2,5-6,9-10H2. The molecule has 136 valence electrons. The smallest absolute Gasteiger partial charge is 0.166 e. The Balaban J connectivity index is 1.33.